The molecule has 0 saturated carbocycles. The molecule has 1 N–H and O–H groups in total. The minimum atomic E-state index is -0.303. The maximum absolute atomic E-state index is 12.4. The summed E-state index contributed by atoms with van der Waals surface area (Å²) in [6, 6.07) is 9.29. The van der Waals surface area contributed by atoms with Gasteiger partial charge in [0.2, 0.25) is 0 Å². The number of hydrogen-bond donors (Lipinski definition) is 1. The topological polar surface area (TPSA) is 50.2 Å². The van der Waals surface area contributed by atoms with Gasteiger partial charge in [0, 0.05) is 6.54 Å². The summed E-state index contributed by atoms with van der Waals surface area (Å²) in [7, 11) is 0. The molecule has 1 aliphatic heterocycles. The van der Waals surface area contributed by atoms with Crippen LogP contribution in [-0.4, -0.2) is 40.9 Å². The van der Waals surface area contributed by atoms with E-state index in [0.29, 0.717) is 11.4 Å². The number of hydrogen-bond acceptors (Lipinski definition) is 4. The minimum Gasteiger partial charge on any atom is -0.382 e. The Bertz CT molecular complexity index is 739. The fourth-order valence-electron chi connectivity index (χ4n) is 3.12. The number of aromatic nitrogens is 2. The molecule has 1 aromatic heterocycles. The van der Waals surface area contributed by atoms with E-state index >= 15 is 0 Å². The second kappa shape index (κ2) is 8.50. The first-order chi connectivity index (χ1) is 12.1. The maximum atomic E-state index is 12.4. The van der Waals surface area contributed by atoms with Crippen molar-refractivity contribution < 1.29 is 0 Å². The van der Waals surface area contributed by atoms with Gasteiger partial charge in [-0.05, 0) is 56.9 Å². The first kappa shape index (κ1) is 18.0. The third-order valence-electron chi connectivity index (χ3n) is 4.76. The fourth-order valence-corrected chi connectivity index (χ4v) is 3.32. The highest BCUT2D eigenvalue weighted by molar-refractivity contribution is 6.32. The zero-order chi connectivity index (χ0) is 17.6. The van der Waals surface area contributed by atoms with Crippen molar-refractivity contribution in [3.63, 3.8) is 0 Å². The third-order valence-corrected chi connectivity index (χ3v) is 5.13. The second-order valence-corrected chi connectivity index (χ2v) is 7.11. The molecule has 0 unspecified atom stereocenters. The lowest BCUT2D eigenvalue weighted by Crippen LogP contribution is -2.34. The maximum Gasteiger partial charge on any atom is 0.292 e. The number of halogens is 1. The summed E-state index contributed by atoms with van der Waals surface area (Å²) in [6.45, 7) is 6.56. The van der Waals surface area contributed by atoms with Crippen molar-refractivity contribution in [2.45, 2.75) is 26.2 Å². The lowest BCUT2D eigenvalue weighted by molar-refractivity contribution is 0.192. The van der Waals surface area contributed by atoms with E-state index in [1.807, 2.05) is 30.3 Å². The Balaban J connectivity index is 1.55. The van der Waals surface area contributed by atoms with Crippen LogP contribution < -0.4 is 10.9 Å². The Morgan fingerprint density at radius 1 is 1.24 bits per heavy atom. The molecule has 0 atom stereocenters. The lowest BCUT2D eigenvalue weighted by Gasteiger charge is -2.30. The molecule has 5 nitrogen and oxygen atoms in total. The molecule has 0 aliphatic carbocycles. The SMILES string of the molecule is CC1CCN(CCCNc2cnn(-c3ccccc3)c(=O)c2Cl)CC1. The second-order valence-electron chi connectivity index (χ2n) is 6.73. The van der Waals surface area contributed by atoms with E-state index in [1.54, 1.807) is 6.20 Å². The predicted octanol–water partition coefficient (Wildman–Crippen LogP) is 3.42. The zero-order valence-corrected chi connectivity index (χ0v) is 15.4. The van der Waals surface area contributed by atoms with Crippen LogP contribution in [-0.2, 0) is 0 Å². The van der Waals surface area contributed by atoms with Gasteiger partial charge in [0.05, 0.1) is 17.6 Å². The molecule has 2 aromatic rings. The zero-order valence-electron chi connectivity index (χ0n) is 14.6. The Morgan fingerprint density at radius 2 is 1.96 bits per heavy atom. The Hall–Kier alpha value is -1.85. The first-order valence-corrected chi connectivity index (χ1v) is 9.32. The van der Waals surface area contributed by atoms with Crippen molar-refractivity contribution >= 4 is 17.3 Å². The number of piperidine rings is 1. The first-order valence-electron chi connectivity index (χ1n) is 8.94. The van der Waals surface area contributed by atoms with Crippen LogP contribution in [0.5, 0.6) is 0 Å². The third kappa shape index (κ3) is 4.61. The number of rotatable bonds is 6. The van der Waals surface area contributed by atoms with Crippen LogP contribution in [0.1, 0.15) is 26.2 Å². The van der Waals surface area contributed by atoms with Gasteiger partial charge in [0.25, 0.3) is 5.56 Å². The van der Waals surface area contributed by atoms with Crippen molar-refractivity contribution in [3.05, 3.63) is 51.9 Å². The van der Waals surface area contributed by atoms with Crippen molar-refractivity contribution in [2.24, 2.45) is 5.92 Å². The van der Waals surface area contributed by atoms with Gasteiger partial charge >= 0.3 is 0 Å². The fraction of sp³-hybridized carbons (Fsp3) is 0.474. The van der Waals surface area contributed by atoms with Crippen molar-refractivity contribution in [3.8, 4) is 5.69 Å². The summed E-state index contributed by atoms with van der Waals surface area (Å²) in [5, 5.41) is 7.67. The molecular formula is C19H25ClN4O. The average Bonchev–Trinajstić information content (AvgIpc) is 2.64. The van der Waals surface area contributed by atoms with E-state index in [-0.39, 0.29) is 10.6 Å². The lowest BCUT2D eigenvalue weighted by atomic mass is 9.99. The van der Waals surface area contributed by atoms with Gasteiger partial charge in [-0.15, -0.1) is 0 Å². The van der Waals surface area contributed by atoms with Crippen molar-refractivity contribution in [1.29, 1.82) is 0 Å². The van der Waals surface area contributed by atoms with Crippen molar-refractivity contribution in [2.75, 3.05) is 31.5 Å². The van der Waals surface area contributed by atoms with Crippen molar-refractivity contribution in [1.82, 2.24) is 14.7 Å². The van der Waals surface area contributed by atoms with Gasteiger partial charge in [-0.1, -0.05) is 36.7 Å². The van der Waals surface area contributed by atoms with Crippen LogP contribution in [0.2, 0.25) is 5.02 Å². The Morgan fingerprint density at radius 3 is 2.68 bits per heavy atom. The summed E-state index contributed by atoms with van der Waals surface area (Å²) in [5.41, 5.74) is 1.01. The highest BCUT2D eigenvalue weighted by Gasteiger charge is 2.15. The Kier molecular flexibility index (Phi) is 6.10. The molecule has 0 bridgehead atoms. The number of benzene rings is 1. The molecule has 6 heteroatoms. The molecule has 134 valence electrons. The molecule has 1 saturated heterocycles. The minimum absolute atomic E-state index is 0.186. The quantitative estimate of drug-likeness (QED) is 0.802. The number of nitrogens with one attached hydrogen (secondary N) is 1. The van der Waals surface area contributed by atoms with Crippen LogP contribution in [0.25, 0.3) is 5.69 Å². The molecule has 0 spiro atoms. The summed E-state index contributed by atoms with van der Waals surface area (Å²) in [4.78, 5) is 14.9. The van der Waals surface area contributed by atoms with Gasteiger partial charge < -0.3 is 10.2 Å². The predicted molar refractivity (Wildman–Crippen MR) is 103 cm³/mol. The van der Waals surface area contributed by atoms with Crippen LogP contribution in [0.15, 0.2) is 41.3 Å². The molecule has 3 rings (SSSR count). The van der Waals surface area contributed by atoms with Crippen LogP contribution in [0, 0.1) is 5.92 Å². The molecule has 0 amide bonds. The standard InChI is InChI=1S/C19H25ClN4O/c1-15-8-12-23(13-9-15)11-5-10-21-17-14-22-24(19(25)18(17)20)16-6-3-2-4-7-16/h2-4,6-7,14-15,21H,5,8-13H2,1H3. The van der Waals surface area contributed by atoms with Gasteiger partial charge in [-0.3, -0.25) is 4.79 Å². The van der Waals surface area contributed by atoms with Crippen LogP contribution in [0.4, 0.5) is 5.69 Å². The van der Waals surface area contributed by atoms with E-state index in [9.17, 15) is 4.79 Å². The number of para-hydroxylation sites is 1. The van der Waals surface area contributed by atoms with E-state index in [4.69, 9.17) is 11.6 Å². The smallest absolute Gasteiger partial charge is 0.292 e. The highest BCUT2D eigenvalue weighted by Crippen LogP contribution is 2.18. The largest absolute Gasteiger partial charge is 0.382 e. The van der Waals surface area contributed by atoms with E-state index in [0.717, 1.165) is 25.4 Å². The highest BCUT2D eigenvalue weighted by atomic mass is 35.5. The number of nitrogens with zero attached hydrogens (tertiary/aromatic N) is 3. The molecule has 1 aromatic carbocycles. The molecule has 1 fully saturated rings. The monoisotopic (exact) mass is 360 g/mol. The molecule has 2 heterocycles. The summed E-state index contributed by atoms with van der Waals surface area (Å²) < 4.78 is 1.32. The number of likely N-dealkylation sites (tertiary alicyclic amines) is 1. The van der Waals surface area contributed by atoms with Crippen LogP contribution >= 0.6 is 11.6 Å². The Labute approximate surface area is 153 Å². The average molecular weight is 361 g/mol. The summed E-state index contributed by atoms with van der Waals surface area (Å²) in [6.07, 6.45) is 5.23. The van der Waals surface area contributed by atoms with E-state index in [2.05, 4.69) is 22.2 Å². The van der Waals surface area contributed by atoms with E-state index in [1.165, 1.54) is 30.6 Å². The van der Waals surface area contributed by atoms with E-state index < -0.39 is 0 Å². The normalized spacial score (nSPS) is 16.1. The molecular weight excluding hydrogens is 336 g/mol. The van der Waals surface area contributed by atoms with Gasteiger partial charge in [-0.25, -0.2) is 0 Å². The molecule has 25 heavy (non-hydrogen) atoms. The van der Waals surface area contributed by atoms with Gasteiger partial charge in [-0.2, -0.15) is 9.78 Å². The van der Waals surface area contributed by atoms with Crippen LogP contribution in [0.3, 0.4) is 0 Å². The molecule has 1 aliphatic rings. The summed E-state index contributed by atoms with van der Waals surface area (Å²) in [5.74, 6) is 0.857. The van der Waals surface area contributed by atoms with Gasteiger partial charge in [0.15, 0.2) is 0 Å². The summed E-state index contributed by atoms with van der Waals surface area (Å²) >= 11 is 6.25. The molecule has 0 radical (unpaired) electrons. The van der Waals surface area contributed by atoms with Gasteiger partial charge in [0.1, 0.15) is 5.02 Å². The number of anilines is 1.